The smallest absolute Gasteiger partial charge is 0.311 e. The maximum atomic E-state index is 13.3. The molecule has 2 rings (SSSR count). The summed E-state index contributed by atoms with van der Waals surface area (Å²) in [5.74, 6) is 0.875. The number of hydrogen-bond acceptors (Lipinski definition) is 2. The molecule has 0 amide bonds. The molecule has 0 aromatic heterocycles. The summed E-state index contributed by atoms with van der Waals surface area (Å²) < 4.78 is 18.5. The van der Waals surface area contributed by atoms with Gasteiger partial charge in [0.1, 0.15) is 11.6 Å². The summed E-state index contributed by atoms with van der Waals surface area (Å²) in [6.07, 6.45) is 10.3. The fraction of sp³-hybridized carbons (Fsp3) is 0.632. The topological polar surface area (TPSA) is 26.3 Å². The number of benzene rings is 1. The highest BCUT2D eigenvalue weighted by molar-refractivity contribution is 6.30. The van der Waals surface area contributed by atoms with E-state index < -0.39 is 5.82 Å². The van der Waals surface area contributed by atoms with E-state index >= 15 is 0 Å². The lowest BCUT2D eigenvalue weighted by Crippen LogP contribution is -2.17. The molecule has 0 aliphatic heterocycles. The molecule has 2 nitrogen and oxygen atoms in total. The highest BCUT2D eigenvalue weighted by Gasteiger charge is 2.21. The Labute approximate surface area is 143 Å². The van der Waals surface area contributed by atoms with Crippen LogP contribution in [0.2, 0.25) is 5.02 Å². The lowest BCUT2D eigenvalue weighted by atomic mass is 9.78. The molecule has 128 valence electrons. The number of esters is 1. The summed E-state index contributed by atoms with van der Waals surface area (Å²) in [7, 11) is 0. The minimum atomic E-state index is -0.567. The number of rotatable bonds is 7. The van der Waals surface area contributed by atoms with Gasteiger partial charge in [-0.3, -0.25) is 4.79 Å². The SMILES string of the molecule is CCCCC1CCC(CCC(=O)Oc2ccc(Cl)c(F)c2)CC1. The third kappa shape index (κ3) is 6.14. The molecule has 1 aliphatic rings. The number of halogens is 2. The van der Waals surface area contributed by atoms with E-state index in [1.165, 1.54) is 57.1 Å². The van der Waals surface area contributed by atoms with Crippen molar-refractivity contribution >= 4 is 17.6 Å². The van der Waals surface area contributed by atoms with Crippen molar-refractivity contribution in [3.8, 4) is 5.75 Å². The first-order chi connectivity index (χ1) is 11.1. The van der Waals surface area contributed by atoms with Gasteiger partial charge in [0.15, 0.2) is 0 Å². The Morgan fingerprint density at radius 3 is 2.48 bits per heavy atom. The van der Waals surface area contributed by atoms with Crippen molar-refractivity contribution in [2.45, 2.75) is 64.7 Å². The average Bonchev–Trinajstić information content (AvgIpc) is 2.55. The maximum Gasteiger partial charge on any atom is 0.311 e. The van der Waals surface area contributed by atoms with Crippen LogP contribution >= 0.6 is 11.6 Å². The van der Waals surface area contributed by atoms with Crippen molar-refractivity contribution in [1.82, 2.24) is 0 Å². The van der Waals surface area contributed by atoms with E-state index in [4.69, 9.17) is 16.3 Å². The van der Waals surface area contributed by atoms with Gasteiger partial charge < -0.3 is 4.74 Å². The molecule has 1 aromatic carbocycles. The molecule has 0 N–H and O–H groups in total. The van der Waals surface area contributed by atoms with Gasteiger partial charge in [-0.15, -0.1) is 0 Å². The average molecular weight is 341 g/mol. The van der Waals surface area contributed by atoms with Gasteiger partial charge in [0, 0.05) is 12.5 Å². The van der Waals surface area contributed by atoms with Crippen LogP contribution in [0.15, 0.2) is 18.2 Å². The van der Waals surface area contributed by atoms with Crippen LogP contribution in [0.5, 0.6) is 5.75 Å². The van der Waals surface area contributed by atoms with Crippen LogP contribution in [0.1, 0.15) is 64.7 Å². The predicted molar refractivity (Wildman–Crippen MR) is 91.3 cm³/mol. The van der Waals surface area contributed by atoms with Gasteiger partial charge in [-0.2, -0.15) is 0 Å². The molecular formula is C19H26ClFO2. The Kier molecular flexibility index (Phi) is 7.35. The van der Waals surface area contributed by atoms with Gasteiger partial charge in [0.05, 0.1) is 5.02 Å². The highest BCUT2D eigenvalue weighted by Crippen LogP contribution is 2.34. The summed E-state index contributed by atoms with van der Waals surface area (Å²) in [4.78, 5) is 11.9. The first-order valence-electron chi connectivity index (χ1n) is 8.74. The van der Waals surface area contributed by atoms with Gasteiger partial charge in [-0.05, 0) is 30.4 Å². The van der Waals surface area contributed by atoms with Crippen LogP contribution in [0.3, 0.4) is 0 Å². The maximum absolute atomic E-state index is 13.3. The van der Waals surface area contributed by atoms with Gasteiger partial charge >= 0.3 is 5.97 Å². The second-order valence-electron chi connectivity index (χ2n) is 6.62. The first kappa shape index (κ1) is 18.3. The normalized spacial score (nSPS) is 21.2. The van der Waals surface area contributed by atoms with Crippen LogP contribution in [0.4, 0.5) is 4.39 Å². The summed E-state index contributed by atoms with van der Waals surface area (Å²) in [6.45, 7) is 2.24. The highest BCUT2D eigenvalue weighted by atomic mass is 35.5. The van der Waals surface area contributed by atoms with E-state index in [0.717, 1.165) is 18.4 Å². The van der Waals surface area contributed by atoms with Crippen LogP contribution in [-0.4, -0.2) is 5.97 Å². The first-order valence-corrected chi connectivity index (χ1v) is 9.12. The Morgan fingerprint density at radius 1 is 1.22 bits per heavy atom. The summed E-state index contributed by atoms with van der Waals surface area (Å²) >= 11 is 5.61. The molecule has 1 saturated carbocycles. The van der Waals surface area contributed by atoms with E-state index in [1.807, 2.05) is 0 Å². The third-order valence-electron chi connectivity index (χ3n) is 4.81. The molecule has 0 saturated heterocycles. The third-order valence-corrected chi connectivity index (χ3v) is 5.12. The second-order valence-corrected chi connectivity index (χ2v) is 7.02. The van der Waals surface area contributed by atoms with Crippen molar-refractivity contribution in [3.05, 3.63) is 29.0 Å². The zero-order valence-electron chi connectivity index (χ0n) is 13.8. The Bertz CT molecular complexity index is 510. The molecule has 4 heteroatoms. The summed E-state index contributed by atoms with van der Waals surface area (Å²) in [6, 6.07) is 4.07. The Hall–Kier alpha value is -1.09. The van der Waals surface area contributed by atoms with Gasteiger partial charge in [-0.25, -0.2) is 4.39 Å². The van der Waals surface area contributed by atoms with Gasteiger partial charge in [0.2, 0.25) is 0 Å². The lowest BCUT2D eigenvalue weighted by molar-refractivity contribution is -0.134. The van der Waals surface area contributed by atoms with Crippen molar-refractivity contribution < 1.29 is 13.9 Å². The van der Waals surface area contributed by atoms with E-state index in [2.05, 4.69) is 6.92 Å². The molecule has 1 fully saturated rings. The summed E-state index contributed by atoms with van der Waals surface area (Å²) in [5.41, 5.74) is 0. The van der Waals surface area contributed by atoms with Gasteiger partial charge in [-0.1, -0.05) is 63.5 Å². The predicted octanol–water partition coefficient (Wildman–Crippen LogP) is 6.16. The molecule has 0 unspecified atom stereocenters. The van der Waals surface area contributed by atoms with E-state index in [1.54, 1.807) is 0 Å². The molecule has 0 spiro atoms. The number of hydrogen-bond donors (Lipinski definition) is 0. The molecule has 1 aromatic rings. The second kappa shape index (κ2) is 9.27. The minimum absolute atomic E-state index is 0.0321. The quantitative estimate of drug-likeness (QED) is 0.438. The zero-order chi connectivity index (χ0) is 16.7. The molecule has 0 atom stereocenters. The zero-order valence-corrected chi connectivity index (χ0v) is 14.6. The van der Waals surface area contributed by atoms with Crippen molar-refractivity contribution in [2.75, 3.05) is 0 Å². The summed E-state index contributed by atoms with van der Waals surface area (Å²) in [5, 5.41) is 0.0321. The van der Waals surface area contributed by atoms with Crippen LogP contribution in [0.25, 0.3) is 0 Å². The van der Waals surface area contributed by atoms with E-state index in [0.29, 0.717) is 12.3 Å². The monoisotopic (exact) mass is 340 g/mol. The van der Waals surface area contributed by atoms with Crippen molar-refractivity contribution in [2.24, 2.45) is 11.8 Å². The molecule has 1 aliphatic carbocycles. The minimum Gasteiger partial charge on any atom is -0.426 e. The number of ether oxygens (including phenoxy) is 1. The number of carbonyl (C=O) groups excluding carboxylic acids is 1. The molecule has 0 heterocycles. The van der Waals surface area contributed by atoms with Crippen molar-refractivity contribution in [1.29, 1.82) is 0 Å². The van der Waals surface area contributed by atoms with Crippen LogP contribution < -0.4 is 4.74 Å². The standard InChI is InChI=1S/C19H26ClFO2/c1-2-3-4-14-5-7-15(8-6-14)9-12-19(22)23-16-10-11-17(20)18(21)13-16/h10-11,13-15H,2-9,12H2,1H3. The Morgan fingerprint density at radius 2 is 1.87 bits per heavy atom. The van der Waals surface area contributed by atoms with E-state index in [-0.39, 0.29) is 16.7 Å². The lowest BCUT2D eigenvalue weighted by Gasteiger charge is -2.28. The fourth-order valence-electron chi connectivity index (χ4n) is 3.35. The Balaban J connectivity index is 1.68. The number of carbonyl (C=O) groups is 1. The molecular weight excluding hydrogens is 315 g/mol. The fourth-order valence-corrected chi connectivity index (χ4v) is 3.46. The molecule has 0 radical (unpaired) electrons. The van der Waals surface area contributed by atoms with Crippen LogP contribution in [-0.2, 0) is 4.79 Å². The van der Waals surface area contributed by atoms with Gasteiger partial charge in [0.25, 0.3) is 0 Å². The van der Waals surface area contributed by atoms with Crippen molar-refractivity contribution in [3.63, 3.8) is 0 Å². The largest absolute Gasteiger partial charge is 0.426 e. The molecule has 23 heavy (non-hydrogen) atoms. The molecule has 0 bridgehead atoms. The number of unbranched alkanes of at least 4 members (excludes halogenated alkanes) is 1. The van der Waals surface area contributed by atoms with E-state index in [9.17, 15) is 9.18 Å². The van der Waals surface area contributed by atoms with Crippen LogP contribution in [0, 0.1) is 17.7 Å².